The number of carboxylic acids is 1. The minimum atomic E-state index is -0.758. The maximum atomic E-state index is 11.0. The Labute approximate surface area is 90.1 Å². The topological polar surface area (TPSA) is 55.1 Å². The van der Waals surface area contributed by atoms with Gasteiger partial charge in [-0.2, -0.15) is 0 Å². The summed E-state index contributed by atoms with van der Waals surface area (Å²) in [5, 5.41) is 9.06. The summed E-state index contributed by atoms with van der Waals surface area (Å²) < 4.78 is 2.67. The normalized spacial score (nSPS) is 20.6. The van der Waals surface area contributed by atoms with Crippen LogP contribution in [0.15, 0.2) is 4.60 Å². The van der Waals surface area contributed by atoms with E-state index in [4.69, 9.17) is 5.11 Å². The minimum Gasteiger partial charge on any atom is -0.481 e. The first kappa shape index (κ1) is 9.71. The number of hydrogen-bond donors (Lipinski definition) is 1. The lowest BCUT2D eigenvalue weighted by atomic mass is 9.97. The SMILES string of the molecule is Cc1nc(Br)c2n1CCCC2C(=O)O. The number of carboxylic acid groups (broad SMARTS) is 1. The highest BCUT2D eigenvalue weighted by Gasteiger charge is 2.30. The summed E-state index contributed by atoms with van der Waals surface area (Å²) >= 11 is 3.32. The van der Waals surface area contributed by atoms with Gasteiger partial charge in [-0.25, -0.2) is 4.98 Å². The van der Waals surface area contributed by atoms with Crippen molar-refractivity contribution in [3.05, 3.63) is 16.1 Å². The van der Waals surface area contributed by atoms with Crippen molar-refractivity contribution in [3.8, 4) is 0 Å². The molecular formula is C9H11BrN2O2. The Balaban J connectivity index is 2.53. The quantitative estimate of drug-likeness (QED) is 0.838. The van der Waals surface area contributed by atoms with Crippen LogP contribution in [0.4, 0.5) is 0 Å². The van der Waals surface area contributed by atoms with Crippen LogP contribution in [0.5, 0.6) is 0 Å². The third-order valence-corrected chi connectivity index (χ3v) is 3.24. The molecular weight excluding hydrogens is 248 g/mol. The monoisotopic (exact) mass is 258 g/mol. The molecule has 0 radical (unpaired) electrons. The van der Waals surface area contributed by atoms with Crippen LogP contribution in [0.25, 0.3) is 0 Å². The molecule has 0 saturated carbocycles. The minimum absolute atomic E-state index is 0.403. The highest BCUT2D eigenvalue weighted by molar-refractivity contribution is 9.10. The molecule has 2 rings (SSSR count). The molecule has 1 N–H and O–H groups in total. The molecule has 4 nitrogen and oxygen atoms in total. The molecule has 1 aliphatic heterocycles. The average Bonchev–Trinajstić information content (AvgIpc) is 2.43. The van der Waals surface area contributed by atoms with Gasteiger partial charge in [0.15, 0.2) is 0 Å². The van der Waals surface area contributed by atoms with Crippen LogP contribution < -0.4 is 0 Å². The van der Waals surface area contributed by atoms with E-state index in [1.807, 2.05) is 11.5 Å². The number of rotatable bonds is 1. The van der Waals surface area contributed by atoms with Gasteiger partial charge in [-0.3, -0.25) is 4.79 Å². The molecule has 0 fully saturated rings. The summed E-state index contributed by atoms with van der Waals surface area (Å²) in [4.78, 5) is 15.3. The number of aromatic nitrogens is 2. The maximum Gasteiger partial charge on any atom is 0.312 e. The molecule has 76 valence electrons. The highest BCUT2D eigenvalue weighted by Crippen LogP contribution is 2.33. The Morgan fingerprint density at radius 3 is 3.07 bits per heavy atom. The van der Waals surface area contributed by atoms with Crippen molar-refractivity contribution in [2.75, 3.05) is 0 Å². The fourth-order valence-electron chi connectivity index (χ4n) is 1.99. The lowest BCUT2D eigenvalue weighted by molar-refractivity contribution is -0.139. The van der Waals surface area contributed by atoms with Crippen molar-refractivity contribution in [1.29, 1.82) is 0 Å². The molecule has 0 amide bonds. The van der Waals surface area contributed by atoms with Crippen LogP contribution in [0.1, 0.15) is 30.3 Å². The molecule has 1 unspecified atom stereocenters. The predicted octanol–water partition coefficient (Wildman–Crippen LogP) is 1.92. The maximum absolute atomic E-state index is 11.0. The number of imidazole rings is 1. The molecule has 5 heteroatoms. The van der Waals surface area contributed by atoms with Gasteiger partial charge in [-0.15, -0.1) is 0 Å². The third-order valence-electron chi connectivity index (χ3n) is 2.66. The molecule has 0 aliphatic carbocycles. The number of fused-ring (bicyclic) bond motifs is 1. The van der Waals surface area contributed by atoms with E-state index < -0.39 is 11.9 Å². The average molecular weight is 259 g/mol. The first-order valence-corrected chi connectivity index (χ1v) is 5.36. The van der Waals surface area contributed by atoms with Gasteiger partial charge >= 0.3 is 5.97 Å². The number of nitrogens with zero attached hydrogens (tertiary/aromatic N) is 2. The smallest absolute Gasteiger partial charge is 0.312 e. The van der Waals surface area contributed by atoms with Crippen LogP contribution in [-0.2, 0) is 11.3 Å². The van der Waals surface area contributed by atoms with Crippen molar-refractivity contribution in [1.82, 2.24) is 9.55 Å². The second-order valence-electron chi connectivity index (χ2n) is 3.52. The summed E-state index contributed by atoms with van der Waals surface area (Å²) in [6.45, 7) is 2.78. The van der Waals surface area contributed by atoms with E-state index in [0.29, 0.717) is 11.0 Å². The molecule has 0 aromatic carbocycles. The Hall–Kier alpha value is -0.840. The Morgan fingerprint density at radius 1 is 1.71 bits per heavy atom. The van der Waals surface area contributed by atoms with Gasteiger partial charge in [0.2, 0.25) is 0 Å². The second kappa shape index (κ2) is 3.38. The molecule has 1 aromatic heterocycles. The first-order valence-electron chi connectivity index (χ1n) is 4.56. The fourth-order valence-corrected chi connectivity index (χ4v) is 2.74. The van der Waals surface area contributed by atoms with E-state index in [1.54, 1.807) is 0 Å². The van der Waals surface area contributed by atoms with Crippen molar-refractivity contribution >= 4 is 21.9 Å². The Morgan fingerprint density at radius 2 is 2.43 bits per heavy atom. The summed E-state index contributed by atoms with van der Waals surface area (Å²) in [5.74, 6) is -0.274. The number of hydrogen-bond acceptors (Lipinski definition) is 2. The number of aryl methyl sites for hydroxylation is 1. The Kier molecular flexibility index (Phi) is 2.34. The highest BCUT2D eigenvalue weighted by atomic mass is 79.9. The number of halogens is 1. The van der Waals surface area contributed by atoms with Crippen molar-refractivity contribution in [2.24, 2.45) is 0 Å². The van der Waals surface area contributed by atoms with Gasteiger partial charge in [0.25, 0.3) is 0 Å². The molecule has 0 bridgehead atoms. The summed E-state index contributed by atoms with van der Waals surface area (Å²) in [6.07, 6.45) is 1.62. The molecule has 0 saturated heterocycles. The molecule has 14 heavy (non-hydrogen) atoms. The van der Waals surface area contributed by atoms with E-state index in [2.05, 4.69) is 20.9 Å². The third kappa shape index (κ3) is 1.35. The van der Waals surface area contributed by atoms with E-state index in [1.165, 1.54) is 0 Å². The number of aliphatic carboxylic acids is 1. The van der Waals surface area contributed by atoms with Crippen LogP contribution in [0.2, 0.25) is 0 Å². The lowest BCUT2D eigenvalue weighted by Crippen LogP contribution is -2.22. The molecule has 1 atom stereocenters. The van der Waals surface area contributed by atoms with Crippen LogP contribution >= 0.6 is 15.9 Å². The zero-order valence-corrected chi connectivity index (χ0v) is 9.41. The predicted molar refractivity (Wildman–Crippen MR) is 54.3 cm³/mol. The first-order chi connectivity index (χ1) is 6.61. The van der Waals surface area contributed by atoms with Crippen LogP contribution in [0, 0.1) is 6.92 Å². The van der Waals surface area contributed by atoms with Gasteiger partial charge in [0, 0.05) is 6.54 Å². The van der Waals surface area contributed by atoms with Gasteiger partial charge in [0.05, 0.1) is 11.6 Å². The lowest BCUT2D eigenvalue weighted by Gasteiger charge is -2.21. The Bertz CT molecular complexity index is 386. The van der Waals surface area contributed by atoms with Gasteiger partial charge < -0.3 is 9.67 Å². The fraction of sp³-hybridized carbons (Fsp3) is 0.556. The molecule has 0 spiro atoms. The van der Waals surface area contributed by atoms with Gasteiger partial charge in [-0.1, -0.05) is 0 Å². The van der Waals surface area contributed by atoms with Crippen LogP contribution in [-0.4, -0.2) is 20.6 Å². The van der Waals surface area contributed by atoms with E-state index in [0.717, 1.165) is 24.5 Å². The second-order valence-corrected chi connectivity index (χ2v) is 4.27. The molecule has 1 aliphatic rings. The van der Waals surface area contributed by atoms with E-state index in [-0.39, 0.29) is 0 Å². The van der Waals surface area contributed by atoms with E-state index >= 15 is 0 Å². The molecule has 2 heterocycles. The molecule has 1 aromatic rings. The standard InChI is InChI=1S/C9H11BrN2O2/c1-5-11-8(10)7-6(9(13)14)3-2-4-12(5)7/h6H,2-4H2,1H3,(H,13,14). The van der Waals surface area contributed by atoms with Gasteiger partial charge in [0.1, 0.15) is 10.4 Å². The van der Waals surface area contributed by atoms with Crippen molar-refractivity contribution < 1.29 is 9.90 Å². The van der Waals surface area contributed by atoms with Gasteiger partial charge in [-0.05, 0) is 35.7 Å². The summed E-state index contributed by atoms with van der Waals surface area (Å²) in [5.41, 5.74) is 0.821. The van der Waals surface area contributed by atoms with Crippen molar-refractivity contribution in [2.45, 2.75) is 32.2 Å². The zero-order chi connectivity index (χ0) is 10.3. The largest absolute Gasteiger partial charge is 0.481 e. The van der Waals surface area contributed by atoms with E-state index in [9.17, 15) is 4.79 Å². The van der Waals surface area contributed by atoms with Crippen molar-refractivity contribution in [3.63, 3.8) is 0 Å². The van der Waals surface area contributed by atoms with Crippen LogP contribution in [0.3, 0.4) is 0 Å². The zero-order valence-electron chi connectivity index (χ0n) is 7.83. The summed E-state index contributed by atoms with van der Waals surface area (Å²) in [6, 6.07) is 0. The summed E-state index contributed by atoms with van der Waals surface area (Å²) in [7, 11) is 0. The number of carbonyl (C=O) groups is 1.